The summed E-state index contributed by atoms with van der Waals surface area (Å²) in [4.78, 5) is 27.0. The molecule has 0 bridgehead atoms. The van der Waals surface area contributed by atoms with E-state index in [4.69, 9.17) is 11.6 Å². The maximum absolute atomic E-state index is 12.2. The number of aromatic nitrogens is 1. The summed E-state index contributed by atoms with van der Waals surface area (Å²) in [5, 5.41) is 6.92. The molecule has 0 atom stereocenters. The first-order chi connectivity index (χ1) is 11.9. The van der Waals surface area contributed by atoms with Gasteiger partial charge in [0.15, 0.2) is 0 Å². The Balaban J connectivity index is 1.73. The maximum atomic E-state index is 12.2. The van der Waals surface area contributed by atoms with Crippen molar-refractivity contribution >= 4 is 34.2 Å². The van der Waals surface area contributed by atoms with Crippen LogP contribution >= 0.6 is 11.6 Å². The number of carbonyl (C=O) groups excluding carboxylic acids is 1. The van der Waals surface area contributed by atoms with E-state index in [1.54, 1.807) is 24.3 Å². The normalized spacial score (nSPS) is 10.7. The molecule has 2 aromatic carbocycles. The average Bonchev–Trinajstić information content (AvgIpc) is 2.57. The van der Waals surface area contributed by atoms with Crippen molar-refractivity contribution in [1.29, 1.82) is 0 Å². The second kappa shape index (κ2) is 6.99. The first-order valence-electron chi connectivity index (χ1n) is 7.86. The molecule has 0 spiro atoms. The Morgan fingerprint density at radius 1 is 1.08 bits per heavy atom. The maximum Gasteiger partial charge on any atom is 0.319 e. The number of benzene rings is 2. The van der Waals surface area contributed by atoms with Gasteiger partial charge in [0.25, 0.3) is 5.56 Å². The van der Waals surface area contributed by atoms with Crippen molar-refractivity contribution in [2.45, 2.75) is 20.4 Å². The highest BCUT2D eigenvalue weighted by Crippen LogP contribution is 2.17. The van der Waals surface area contributed by atoms with Gasteiger partial charge in [-0.25, -0.2) is 4.79 Å². The Kier molecular flexibility index (Phi) is 4.76. The number of carbonyl (C=O) groups is 1. The summed E-state index contributed by atoms with van der Waals surface area (Å²) in [6, 6.07) is 12.2. The van der Waals surface area contributed by atoms with Crippen LogP contribution < -0.4 is 16.2 Å². The van der Waals surface area contributed by atoms with Gasteiger partial charge in [0.2, 0.25) is 0 Å². The van der Waals surface area contributed by atoms with Gasteiger partial charge in [0.05, 0.1) is 0 Å². The lowest BCUT2D eigenvalue weighted by molar-refractivity contribution is 0.251. The van der Waals surface area contributed by atoms with Gasteiger partial charge in [-0.05, 0) is 72.8 Å². The van der Waals surface area contributed by atoms with Gasteiger partial charge in [0.1, 0.15) is 0 Å². The minimum atomic E-state index is -0.387. The van der Waals surface area contributed by atoms with Crippen LogP contribution in [0, 0.1) is 13.8 Å². The fraction of sp³-hybridized carbons (Fsp3) is 0.158. The summed E-state index contributed by atoms with van der Waals surface area (Å²) >= 11 is 5.81. The summed E-state index contributed by atoms with van der Waals surface area (Å²) < 4.78 is 0. The number of anilines is 1. The van der Waals surface area contributed by atoms with Crippen molar-refractivity contribution in [2.24, 2.45) is 0 Å². The smallest absolute Gasteiger partial charge is 0.319 e. The van der Waals surface area contributed by atoms with E-state index in [0.29, 0.717) is 16.3 Å². The van der Waals surface area contributed by atoms with E-state index < -0.39 is 0 Å². The number of aromatic amines is 1. The molecule has 1 aromatic heterocycles. The Bertz CT molecular complexity index is 994. The van der Waals surface area contributed by atoms with Crippen LogP contribution in [0.3, 0.4) is 0 Å². The van der Waals surface area contributed by atoms with E-state index in [1.165, 1.54) is 0 Å². The predicted octanol–water partition coefficient (Wildman–Crippen LogP) is 4.12. The van der Waals surface area contributed by atoms with Crippen LogP contribution in [-0.4, -0.2) is 11.0 Å². The van der Waals surface area contributed by atoms with Gasteiger partial charge in [-0.2, -0.15) is 0 Å². The van der Waals surface area contributed by atoms with Crippen LogP contribution in [0.4, 0.5) is 10.5 Å². The zero-order valence-corrected chi connectivity index (χ0v) is 14.7. The number of urea groups is 1. The number of aryl methyl sites for hydroxylation is 2. The number of H-pyrrole nitrogens is 1. The summed E-state index contributed by atoms with van der Waals surface area (Å²) in [6.07, 6.45) is 0. The molecule has 6 heteroatoms. The third-order valence-electron chi connectivity index (χ3n) is 4.08. The molecule has 0 saturated carbocycles. The van der Waals surface area contributed by atoms with Crippen molar-refractivity contribution in [3.8, 4) is 0 Å². The van der Waals surface area contributed by atoms with Crippen LogP contribution in [0.5, 0.6) is 0 Å². The van der Waals surface area contributed by atoms with Crippen molar-refractivity contribution < 1.29 is 4.79 Å². The monoisotopic (exact) mass is 355 g/mol. The number of rotatable bonds is 3. The average molecular weight is 356 g/mol. The molecule has 128 valence electrons. The third-order valence-corrected chi connectivity index (χ3v) is 4.33. The third kappa shape index (κ3) is 4.00. The van der Waals surface area contributed by atoms with E-state index in [2.05, 4.69) is 15.6 Å². The Hall–Kier alpha value is -2.79. The van der Waals surface area contributed by atoms with Crippen molar-refractivity contribution in [3.63, 3.8) is 0 Å². The van der Waals surface area contributed by atoms with Gasteiger partial charge in [-0.3, -0.25) is 4.79 Å². The number of hydrogen-bond donors (Lipinski definition) is 3. The molecule has 3 rings (SSSR count). The lowest BCUT2D eigenvalue weighted by atomic mass is 10.1. The van der Waals surface area contributed by atoms with Crippen LogP contribution in [-0.2, 0) is 6.54 Å². The van der Waals surface area contributed by atoms with Crippen LogP contribution in [0.15, 0.2) is 47.3 Å². The van der Waals surface area contributed by atoms with E-state index in [9.17, 15) is 9.59 Å². The highest BCUT2D eigenvalue weighted by Gasteiger charge is 2.07. The summed E-state index contributed by atoms with van der Waals surface area (Å²) in [7, 11) is 0. The number of pyridine rings is 1. The van der Waals surface area contributed by atoms with Crippen LogP contribution in [0.1, 0.15) is 16.7 Å². The second-order valence-corrected chi connectivity index (χ2v) is 6.40. The van der Waals surface area contributed by atoms with E-state index >= 15 is 0 Å². The topological polar surface area (TPSA) is 74.0 Å². The number of hydrogen-bond acceptors (Lipinski definition) is 2. The summed E-state index contributed by atoms with van der Waals surface area (Å²) in [6.45, 7) is 4.17. The molecule has 0 saturated heterocycles. The first kappa shape index (κ1) is 17.0. The molecule has 0 aliphatic carbocycles. The van der Waals surface area contributed by atoms with E-state index in [0.717, 1.165) is 22.0 Å². The number of amides is 2. The zero-order chi connectivity index (χ0) is 18.0. The minimum absolute atomic E-state index is 0.137. The van der Waals surface area contributed by atoms with Crippen molar-refractivity contribution in [1.82, 2.24) is 10.3 Å². The summed E-state index contributed by atoms with van der Waals surface area (Å²) in [5.41, 5.74) is 3.99. The molecule has 3 N–H and O–H groups in total. The van der Waals surface area contributed by atoms with E-state index in [-0.39, 0.29) is 18.1 Å². The lowest BCUT2D eigenvalue weighted by Gasteiger charge is -2.09. The molecule has 0 aliphatic heterocycles. The fourth-order valence-electron chi connectivity index (χ4n) is 2.54. The van der Waals surface area contributed by atoms with Gasteiger partial charge in [-0.1, -0.05) is 11.6 Å². The van der Waals surface area contributed by atoms with Crippen LogP contribution in [0.2, 0.25) is 5.02 Å². The van der Waals surface area contributed by atoms with Gasteiger partial charge in [0, 0.05) is 28.3 Å². The molecule has 0 unspecified atom stereocenters. The van der Waals surface area contributed by atoms with E-state index in [1.807, 2.05) is 32.0 Å². The number of halogens is 1. The lowest BCUT2D eigenvalue weighted by Crippen LogP contribution is -2.30. The second-order valence-electron chi connectivity index (χ2n) is 5.96. The SMILES string of the molecule is Cc1cc2cc(CNC(=O)Nc3ccc(Cl)cc3)c(=O)[nH]c2cc1C. The Labute approximate surface area is 150 Å². The van der Waals surface area contributed by atoms with Crippen molar-refractivity contribution in [3.05, 3.63) is 74.5 Å². The van der Waals surface area contributed by atoms with Gasteiger partial charge in [-0.15, -0.1) is 0 Å². The predicted molar refractivity (Wildman–Crippen MR) is 101 cm³/mol. The van der Waals surface area contributed by atoms with Gasteiger partial charge >= 0.3 is 6.03 Å². The van der Waals surface area contributed by atoms with Crippen LogP contribution in [0.25, 0.3) is 10.9 Å². The quantitative estimate of drug-likeness (QED) is 0.661. The van der Waals surface area contributed by atoms with Gasteiger partial charge < -0.3 is 15.6 Å². The molecule has 0 fully saturated rings. The first-order valence-corrected chi connectivity index (χ1v) is 8.24. The Morgan fingerprint density at radius 3 is 2.48 bits per heavy atom. The molecule has 0 radical (unpaired) electrons. The summed E-state index contributed by atoms with van der Waals surface area (Å²) in [5.74, 6) is 0. The molecule has 3 aromatic rings. The zero-order valence-electron chi connectivity index (χ0n) is 13.9. The van der Waals surface area contributed by atoms with Crippen molar-refractivity contribution in [2.75, 3.05) is 5.32 Å². The number of fused-ring (bicyclic) bond motifs is 1. The molecule has 2 amide bonds. The molecule has 0 aliphatic rings. The molecule has 1 heterocycles. The fourth-order valence-corrected chi connectivity index (χ4v) is 2.66. The molecule has 25 heavy (non-hydrogen) atoms. The standard InChI is InChI=1S/C19H18ClN3O2/c1-11-7-13-9-14(18(24)23-17(13)8-12(11)2)10-21-19(25)22-16-5-3-15(20)4-6-16/h3-9H,10H2,1-2H3,(H,23,24)(H2,21,22,25). The highest BCUT2D eigenvalue weighted by molar-refractivity contribution is 6.30. The minimum Gasteiger partial charge on any atom is -0.334 e. The Morgan fingerprint density at radius 2 is 1.76 bits per heavy atom. The molecular weight excluding hydrogens is 338 g/mol. The molecule has 5 nitrogen and oxygen atoms in total. The highest BCUT2D eigenvalue weighted by atomic mass is 35.5. The largest absolute Gasteiger partial charge is 0.334 e. The molecular formula is C19H18ClN3O2. The number of nitrogens with one attached hydrogen (secondary N) is 3.